The van der Waals surface area contributed by atoms with Gasteiger partial charge in [0.15, 0.2) is 0 Å². The summed E-state index contributed by atoms with van der Waals surface area (Å²) in [5.74, 6) is 0.975. The van der Waals surface area contributed by atoms with Crippen molar-refractivity contribution in [1.82, 2.24) is 4.90 Å². The quantitative estimate of drug-likeness (QED) is 0.832. The normalized spacial score (nSPS) is 17.9. The van der Waals surface area contributed by atoms with Gasteiger partial charge in [0.2, 0.25) is 0 Å². The van der Waals surface area contributed by atoms with Crippen molar-refractivity contribution in [2.24, 2.45) is 5.73 Å². The van der Waals surface area contributed by atoms with Gasteiger partial charge >= 0.3 is 0 Å². The summed E-state index contributed by atoms with van der Waals surface area (Å²) < 4.78 is 5.88. The van der Waals surface area contributed by atoms with Gasteiger partial charge in [0.05, 0.1) is 0 Å². The van der Waals surface area contributed by atoms with E-state index in [0.717, 1.165) is 31.7 Å². The number of rotatable bonds is 7. The number of nitrogens with two attached hydrogens (primary N) is 1. The van der Waals surface area contributed by atoms with Crippen LogP contribution in [0.4, 0.5) is 0 Å². The molecule has 3 nitrogen and oxygen atoms in total. The fraction of sp³-hybridized carbons (Fsp3) is 0.647. The van der Waals surface area contributed by atoms with Crippen LogP contribution in [0.1, 0.15) is 38.2 Å². The molecule has 0 aliphatic carbocycles. The van der Waals surface area contributed by atoms with Gasteiger partial charge in [-0.05, 0) is 56.5 Å². The van der Waals surface area contributed by atoms with E-state index >= 15 is 0 Å². The van der Waals surface area contributed by atoms with Crippen molar-refractivity contribution in [3.63, 3.8) is 0 Å². The predicted octanol–water partition coefficient (Wildman–Crippen LogP) is 2.83. The van der Waals surface area contributed by atoms with E-state index in [-0.39, 0.29) is 6.04 Å². The standard InChI is InChI=1S/C17H28N2O/c1-2-16(18)13-15-7-6-8-17(14-15)20-12-11-19-9-4-3-5-10-19/h6-8,14,16H,2-5,9-13,18H2,1H3. The second-order valence-electron chi connectivity index (χ2n) is 5.77. The fourth-order valence-electron chi connectivity index (χ4n) is 2.68. The number of hydrogen-bond donors (Lipinski definition) is 1. The third-order valence-electron chi connectivity index (χ3n) is 4.05. The molecule has 0 bridgehead atoms. The Morgan fingerprint density at radius 3 is 2.80 bits per heavy atom. The Kier molecular flexibility index (Phi) is 6.34. The van der Waals surface area contributed by atoms with Crippen molar-refractivity contribution in [2.45, 2.75) is 45.1 Å². The van der Waals surface area contributed by atoms with Crippen molar-refractivity contribution in [3.05, 3.63) is 29.8 Å². The van der Waals surface area contributed by atoms with Crippen LogP contribution in [0.2, 0.25) is 0 Å². The number of piperidine rings is 1. The topological polar surface area (TPSA) is 38.5 Å². The van der Waals surface area contributed by atoms with Gasteiger partial charge in [0, 0.05) is 12.6 Å². The van der Waals surface area contributed by atoms with Crippen LogP contribution >= 0.6 is 0 Å². The highest BCUT2D eigenvalue weighted by atomic mass is 16.5. The summed E-state index contributed by atoms with van der Waals surface area (Å²) in [6.45, 7) is 6.41. The minimum Gasteiger partial charge on any atom is -0.492 e. The molecule has 1 saturated heterocycles. The van der Waals surface area contributed by atoms with Crippen molar-refractivity contribution in [3.8, 4) is 5.75 Å². The second kappa shape index (κ2) is 8.28. The van der Waals surface area contributed by atoms with Gasteiger partial charge in [-0.3, -0.25) is 4.90 Å². The molecular weight excluding hydrogens is 248 g/mol. The minimum atomic E-state index is 0.249. The number of likely N-dealkylation sites (tertiary alicyclic amines) is 1. The van der Waals surface area contributed by atoms with Crippen LogP contribution in [-0.2, 0) is 6.42 Å². The summed E-state index contributed by atoms with van der Waals surface area (Å²) in [5, 5.41) is 0. The molecule has 1 fully saturated rings. The number of nitrogens with zero attached hydrogens (tertiary/aromatic N) is 1. The highest BCUT2D eigenvalue weighted by Gasteiger charge is 2.09. The summed E-state index contributed by atoms with van der Waals surface area (Å²) in [6.07, 6.45) is 6.01. The maximum Gasteiger partial charge on any atom is 0.119 e. The van der Waals surface area contributed by atoms with Crippen molar-refractivity contribution in [2.75, 3.05) is 26.2 Å². The van der Waals surface area contributed by atoms with Crippen LogP contribution in [0, 0.1) is 0 Å². The lowest BCUT2D eigenvalue weighted by Crippen LogP contribution is -2.33. The molecule has 112 valence electrons. The first-order valence-electron chi connectivity index (χ1n) is 7.97. The van der Waals surface area contributed by atoms with Crippen LogP contribution < -0.4 is 10.5 Å². The van der Waals surface area contributed by atoms with Gasteiger partial charge in [-0.25, -0.2) is 0 Å². The molecule has 0 radical (unpaired) electrons. The van der Waals surface area contributed by atoms with E-state index < -0.39 is 0 Å². The summed E-state index contributed by atoms with van der Waals surface area (Å²) in [6, 6.07) is 8.61. The van der Waals surface area contributed by atoms with Crippen molar-refractivity contribution < 1.29 is 4.74 Å². The molecule has 1 aromatic rings. The van der Waals surface area contributed by atoms with Crippen LogP contribution in [-0.4, -0.2) is 37.2 Å². The summed E-state index contributed by atoms with van der Waals surface area (Å²) in [7, 11) is 0. The van der Waals surface area contributed by atoms with Gasteiger partial charge in [0.25, 0.3) is 0 Å². The van der Waals surface area contributed by atoms with E-state index in [2.05, 4.69) is 30.0 Å². The van der Waals surface area contributed by atoms with Crippen LogP contribution in [0.25, 0.3) is 0 Å². The number of ether oxygens (including phenoxy) is 1. The SMILES string of the molecule is CCC(N)Cc1cccc(OCCN2CCCCC2)c1. The third-order valence-corrected chi connectivity index (χ3v) is 4.05. The minimum absolute atomic E-state index is 0.249. The molecule has 1 aliphatic rings. The predicted molar refractivity (Wildman–Crippen MR) is 84.2 cm³/mol. The summed E-state index contributed by atoms with van der Waals surface area (Å²) in [4.78, 5) is 2.50. The van der Waals surface area contributed by atoms with Crippen molar-refractivity contribution >= 4 is 0 Å². The van der Waals surface area contributed by atoms with Gasteiger partial charge in [0.1, 0.15) is 12.4 Å². The Morgan fingerprint density at radius 2 is 2.05 bits per heavy atom. The molecule has 0 amide bonds. The lowest BCUT2D eigenvalue weighted by atomic mass is 10.0. The largest absolute Gasteiger partial charge is 0.492 e. The molecule has 0 spiro atoms. The van der Waals surface area contributed by atoms with Crippen LogP contribution in [0.3, 0.4) is 0 Å². The summed E-state index contributed by atoms with van der Waals surface area (Å²) >= 11 is 0. The van der Waals surface area contributed by atoms with Gasteiger partial charge in [-0.1, -0.05) is 25.5 Å². The molecule has 20 heavy (non-hydrogen) atoms. The maximum atomic E-state index is 6.01. The Labute approximate surface area is 123 Å². The average Bonchev–Trinajstić information content (AvgIpc) is 2.48. The Hall–Kier alpha value is -1.06. The van der Waals surface area contributed by atoms with Crippen LogP contribution in [0.15, 0.2) is 24.3 Å². The highest BCUT2D eigenvalue weighted by Crippen LogP contribution is 2.15. The molecule has 1 aromatic carbocycles. The molecule has 1 unspecified atom stereocenters. The lowest BCUT2D eigenvalue weighted by molar-refractivity contribution is 0.183. The first-order chi connectivity index (χ1) is 9.78. The second-order valence-corrected chi connectivity index (χ2v) is 5.77. The molecule has 2 N–H and O–H groups in total. The molecule has 1 atom stereocenters. The van der Waals surface area contributed by atoms with Crippen molar-refractivity contribution in [1.29, 1.82) is 0 Å². The fourth-order valence-corrected chi connectivity index (χ4v) is 2.68. The Balaban J connectivity index is 1.75. The molecule has 0 aromatic heterocycles. The zero-order valence-electron chi connectivity index (χ0n) is 12.7. The maximum absolute atomic E-state index is 6.01. The molecule has 3 heteroatoms. The van der Waals surface area contributed by atoms with E-state index in [9.17, 15) is 0 Å². The van der Waals surface area contributed by atoms with Gasteiger partial charge in [-0.15, -0.1) is 0 Å². The zero-order valence-corrected chi connectivity index (χ0v) is 12.7. The molecule has 1 heterocycles. The van der Waals surface area contributed by atoms with E-state index in [0.29, 0.717) is 0 Å². The van der Waals surface area contributed by atoms with E-state index in [1.54, 1.807) is 0 Å². The first kappa shape index (κ1) is 15.3. The average molecular weight is 276 g/mol. The Bertz CT molecular complexity index is 388. The van der Waals surface area contributed by atoms with E-state index in [1.807, 2.05) is 6.07 Å². The Morgan fingerprint density at radius 1 is 1.25 bits per heavy atom. The van der Waals surface area contributed by atoms with E-state index in [4.69, 9.17) is 10.5 Å². The molecular formula is C17H28N2O. The highest BCUT2D eigenvalue weighted by molar-refractivity contribution is 5.29. The van der Waals surface area contributed by atoms with Crippen LogP contribution in [0.5, 0.6) is 5.75 Å². The molecule has 1 aliphatic heterocycles. The summed E-state index contributed by atoms with van der Waals surface area (Å²) in [5.41, 5.74) is 7.28. The van der Waals surface area contributed by atoms with Gasteiger partial charge < -0.3 is 10.5 Å². The zero-order chi connectivity index (χ0) is 14.2. The first-order valence-corrected chi connectivity index (χ1v) is 7.97. The monoisotopic (exact) mass is 276 g/mol. The van der Waals surface area contributed by atoms with E-state index in [1.165, 1.54) is 37.9 Å². The number of hydrogen-bond acceptors (Lipinski definition) is 3. The third kappa shape index (κ3) is 5.14. The molecule has 2 rings (SSSR count). The lowest BCUT2D eigenvalue weighted by Gasteiger charge is -2.26. The number of benzene rings is 1. The molecule has 0 saturated carbocycles. The van der Waals surface area contributed by atoms with Gasteiger partial charge in [-0.2, -0.15) is 0 Å². The smallest absolute Gasteiger partial charge is 0.119 e.